The molecule has 1 aromatic rings. The van der Waals surface area contributed by atoms with Crippen molar-refractivity contribution in [2.45, 2.75) is 39.2 Å². The molecule has 17 heavy (non-hydrogen) atoms. The van der Waals surface area contributed by atoms with Crippen molar-refractivity contribution in [2.75, 3.05) is 11.5 Å². The second-order valence-electron chi connectivity index (χ2n) is 3.77. The van der Waals surface area contributed by atoms with Gasteiger partial charge in [-0.15, -0.1) is 5.10 Å². The Morgan fingerprint density at radius 1 is 1.53 bits per heavy atom. The molecule has 96 valence electrons. The lowest BCUT2D eigenvalue weighted by Gasteiger charge is -1.97. The fourth-order valence-electron chi connectivity index (χ4n) is 1.45. The molecule has 0 fully saturated rings. The van der Waals surface area contributed by atoms with Crippen LogP contribution in [0.5, 0.6) is 0 Å². The maximum atomic E-state index is 10.3. The summed E-state index contributed by atoms with van der Waals surface area (Å²) in [6.45, 7) is 3.03. The predicted octanol–water partition coefficient (Wildman–Crippen LogP) is 1.83. The molecular formula is C11H19N3O2S. The van der Waals surface area contributed by atoms with E-state index in [9.17, 15) is 4.79 Å². The highest BCUT2D eigenvalue weighted by molar-refractivity contribution is 7.99. The van der Waals surface area contributed by atoms with E-state index in [1.807, 2.05) is 22.6 Å². The summed E-state index contributed by atoms with van der Waals surface area (Å²) >= 11 is 1.88. The molecule has 0 saturated heterocycles. The van der Waals surface area contributed by atoms with Crippen molar-refractivity contribution in [3.05, 3.63) is 11.9 Å². The summed E-state index contributed by atoms with van der Waals surface area (Å²) in [5, 5.41) is 16.6. The predicted molar refractivity (Wildman–Crippen MR) is 68.2 cm³/mol. The summed E-state index contributed by atoms with van der Waals surface area (Å²) in [7, 11) is 0. The van der Waals surface area contributed by atoms with Crippen LogP contribution in [0.3, 0.4) is 0 Å². The number of rotatable bonds is 9. The molecule has 0 amide bonds. The lowest BCUT2D eigenvalue weighted by atomic mass is 10.1. The molecule has 0 spiro atoms. The molecule has 1 aromatic heterocycles. The molecule has 0 atom stereocenters. The maximum absolute atomic E-state index is 10.3. The van der Waals surface area contributed by atoms with Crippen molar-refractivity contribution in [3.63, 3.8) is 0 Å². The average Bonchev–Trinajstić information content (AvgIpc) is 2.73. The Morgan fingerprint density at radius 2 is 2.35 bits per heavy atom. The summed E-state index contributed by atoms with van der Waals surface area (Å²) in [6, 6.07) is 0. The molecule has 6 heteroatoms. The maximum Gasteiger partial charge on any atom is 0.303 e. The Balaban J connectivity index is 2.18. The smallest absolute Gasteiger partial charge is 0.303 e. The number of thioether (sulfide) groups is 1. The van der Waals surface area contributed by atoms with Crippen molar-refractivity contribution in [1.29, 1.82) is 0 Å². The summed E-state index contributed by atoms with van der Waals surface area (Å²) < 4.78 is 1.86. The molecule has 0 saturated carbocycles. The Labute approximate surface area is 106 Å². The lowest BCUT2D eigenvalue weighted by molar-refractivity contribution is -0.137. The zero-order chi connectivity index (χ0) is 12.5. The molecule has 0 unspecified atom stereocenters. The third kappa shape index (κ3) is 6.31. The fraction of sp³-hybridized carbons (Fsp3) is 0.727. The third-order valence-corrected chi connectivity index (χ3v) is 3.21. The summed E-state index contributed by atoms with van der Waals surface area (Å²) in [4.78, 5) is 10.3. The third-order valence-electron chi connectivity index (χ3n) is 2.33. The van der Waals surface area contributed by atoms with E-state index in [4.69, 9.17) is 5.11 Å². The van der Waals surface area contributed by atoms with Gasteiger partial charge in [0.2, 0.25) is 0 Å². The highest BCUT2D eigenvalue weighted by Crippen LogP contribution is 2.04. The lowest BCUT2D eigenvalue weighted by Crippen LogP contribution is -2.01. The van der Waals surface area contributed by atoms with Gasteiger partial charge in [-0.25, -0.2) is 0 Å². The molecule has 0 aliphatic heterocycles. The van der Waals surface area contributed by atoms with Crippen molar-refractivity contribution < 1.29 is 9.90 Å². The summed E-state index contributed by atoms with van der Waals surface area (Å²) in [6.07, 6.45) is 4.56. The van der Waals surface area contributed by atoms with Gasteiger partial charge in [-0.05, 0) is 25.0 Å². The van der Waals surface area contributed by atoms with Gasteiger partial charge in [0.05, 0.1) is 12.2 Å². The van der Waals surface area contributed by atoms with Gasteiger partial charge in [-0.1, -0.05) is 12.1 Å². The monoisotopic (exact) mass is 257 g/mol. The minimum absolute atomic E-state index is 0.237. The van der Waals surface area contributed by atoms with Crippen LogP contribution in [0.25, 0.3) is 0 Å². The summed E-state index contributed by atoms with van der Waals surface area (Å²) in [5.41, 5.74) is 0.955. The van der Waals surface area contributed by atoms with Gasteiger partial charge in [0, 0.05) is 18.4 Å². The highest BCUT2D eigenvalue weighted by Gasteiger charge is 2.02. The standard InChI is InChI=1S/C11H19N3O2S/c1-2-17-8-7-14-9-10(12-13-14)5-3-4-6-11(15)16/h9H,2-8H2,1H3,(H,15,16). The molecule has 5 nitrogen and oxygen atoms in total. The molecule has 0 bridgehead atoms. The molecule has 0 radical (unpaired) electrons. The first-order valence-electron chi connectivity index (χ1n) is 5.91. The zero-order valence-electron chi connectivity index (χ0n) is 10.1. The van der Waals surface area contributed by atoms with Gasteiger partial charge < -0.3 is 5.11 Å². The first kappa shape index (κ1) is 14.0. The van der Waals surface area contributed by atoms with Crippen LogP contribution >= 0.6 is 11.8 Å². The van der Waals surface area contributed by atoms with Crippen LogP contribution in [-0.2, 0) is 17.8 Å². The number of carboxylic acids is 1. The van der Waals surface area contributed by atoms with E-state index in [1.54, 1.807) is 0 Å². The van der Waals surface area contributed by atoms with Crippen LogP contribution < -0.4 is 0 Å². The summed E-state index contributed by atoms with van der Waals surface area (Å²) in [5.74, 6) is 1.44. The number of nitrogens with zero attached hydrogens (tertiary/aromatic N) is 3. The van der Waals surface area contributed by atoms with Gasteiger partial charge in [0.25, 0.3) is 0 Å². The molecule has 0 aliphatic rings. The minimum atomic E-state index is -0.731. The van der Waals surface area contributed by atoms with Crippen LogP contribution in [-0.4, -0.2) is 37.6 Å². The number of unbranched alkanes of at least 4 members (excludes halogenated alkanes) is 1. The van der Waals surface area contributed by atoms with Gasteiger partial charge >= 0.3 is 5.97 Å². The number of carboxylic acid groups (broad SMARTS) is 1. The van der Waals surface area contributed by atoms with E-state index >= 15 is 0 Å². The number of aryl methyl sites for hydroxylation is 2. The largest absolute Gasteiger partial charge is 0.481 e. The molecule has 0 aromatic carbocycles. The van der Waals surface area contributed by atoms with Crippen molar-refractivity contribution >= 4 is 17.7 Å². The van der Waals surface area contributed by atoms with Crippen molar-refractivity contribution in [2.24, 2.45) is 0 Å². The normalized spacial score (nSPS) is 10.6. The van der Waals surface area contributed by atoms with Gasteiger partial charge in [0.15, 0.2) is 0 Å². The Hall–Kier alpha value is -1.04. The Kier molecular flexibility index (Phi) is 6.69. The molecule has 1 rings (SSSR count). The van der Waals surface area contributed by atoms with Crippen LogP contribution in [0.1, 0.15) is 31.9 Å². The SMILES string of the molecule is CCSCCn1cc(CCCCC(=O)O)nn1. The highest BCUT2D eigenvalue weighted by atomic mass is 32.2. The van der Waals surface area contributed by atoms with Crippen LogP contribution in [0.15, 0.2) is 6.20 Å². The van der Waals surface area contributed by atoms with E-state index < -0.39 is 5.97 Å². The van der Waals surface area contributed by atoms with Crippen LogP contribution in [0.2, 0.25) is 0 Å². The van der Waals surface area contributed by atoms with Crippen molar-refractivity contribution in [1.82, 2.24) is 15.0 Å². The average molecular weight is 257 g/mol. The fourth-order valence-corrected chi connectivity index (χ4v) is 2.05. The number of hydrogen-bond donors (Lipinski definition) is 1. The quantitative estimate of drug-likeness (QED) is 0.683. The number of carbonyl (C=O) groups is 1. The number of hydrogen-bond acceptors (Lipinski definition) is 4. The van der Waals surface area contributed by atoms with E-state index in [0.29, 0.717) is 6.42 Å². The molecular weight excluding hydrogens is 238 g/mol. The minimum Gasteiger partial charge on any atom is -0.481 e. The zero-order valence-corrected chi connectivity index (χ0v) is 10.9. The number of aliphatic carboxylic acids is 1. The molecule has 1 N–H and O–H groups in total. The van der Waals surface area contributed by atoms with E-state index in [2.05, 4.69) is 17.2 Å². The van der Waals surface area contributed by atoms with E-state index in [0.717, 1.165) is 36.6 Å². The van der Waals surface area contributed by atoms with E-state index in [1.165, 1.54) is 0 Å². The number of aromatic nitrogens is 3. The van der Waals surface area contributed by atoms with Crippen LogP contribution in [0.4, 0.5) is 0 Å². The molecule has 1 heterocycles. The van der Waals surface area contributed by atoms with Crippen LogP contribution in [0, 0.1) is 0 Å². The Bertz CT molecular complexity index is 341. The van der Waals surface area contributed by atoms with E-state index in [-0.39, 0.29) is 6.42 Å². The Morgan fingerprint density at radius 3 is 3.06 bits per heavy atom. The van der Waals surface area contributed by atoms with Gasteiger partial charge in [-0.2, -0.15) is 11.8 Å². The molecule has 0 aliphatic carbocycles. The first-order valence-corrected chi connectivity index (χ1v) is 7.06. The van der Waals surface area contributed by atoms with Gasteiger partial charge in [-0.3, -0.25) is 9.48 Å². The second kappa shape index (κ2) is 8.11. The van der Waals surface area contributed by atoms with Crippen molar-refractivity contribution in [3.8, 4) is 0 Å². The topological polar surface area (TPSA) is 68.0 Å². The van der Waals surface area contributed by atoms with Gasteiger partial charge in [0.1, 0.15) is 0 Å². The first-order chi connectivity index (χ1) is 8.22. The second-order valence-corrected chi connectivity index (χ2v) is 5.16.